The highest BCUT2D eigenvalue weighted by atomic mass is 32.2. The van der Waals surface area contributed by atoms with E-state index in [4.69, 9.17) is 5.11 Å². The van der Waals surface area contributed by atoms with Gasteiger partial charge in [-0.1, -0.05) is 6.92 Å². The van der Waals surface area contributed by atoms with Gasteiger partial charge in [-0.15, -0.1) is 0 Å². The highest BCUT2D eigenvalue weighted by Crippen LogP contribution is 2.20. The topological polar surface area (TPSA) is 112 Å². The number of carbonyl (C=O) groups is 1. The summed E-state index contributed by atoms with van der Waals surface area (Å²) in [5.41, 5.74) is -0.703. The molecule has 1 heterocycles. The second-order valence-corrected chi connectivity index (χ2v) is 5.80. The van der Waals surface area contributed by atoms with Gasteiger partial charge in [-0.2, -0.15) is 8.42 Å². The van der Waals surface area contributed by atoms with Crippen molar-refractivity contribution in [3.05, 3.63) is 41.6 Å². The first-order valence-electron chi connectivity index (χ1n) is 5.93. The van der Waals surface area contributed by atoms with E-state index in [1.807, 2.05) is 0 Å². The number of hydrogen-bond acceptors (Lipinski definition) is 4. The van der Waals surface area contributed by atoms with E-state index in [1.54, 1.807) is 6.92 Å². The summed E-state index contributed by atoms with van der Waals surface area (Å²) >= 11 is 0. The predicted octanol–water partition coefficient (Wildman–Crippen LogP) is 1.61. The highest BCUT2D eigenvalue weighted by molar-refractivity contribution is 7.92. The molecule has 0 aliphatic carbocycles. The molecule has 0 unspecified atom stereocenters. The van der Waals surface area contributed by atoms with Crippen molar-refractivity contribution in [1.29, 1.82) is 0 Å². The van der Waals surface area contributed by atoms with Crippen molar-refractivity contribution in [3.63, 3.8) is 0 Å². The smallest absolute Gasteiger partial charge is 0.337 e. The van der Waals surface area contributed by atoms with Crippen molar-refractivity contribution < 1.29 is 22.7 Å². The predicted molar refractivity (Wildman–Crippen MR) is 72.1 cm³/mol. The second-order valence-electron chi connectivity index (χ2n) is 4.15. The summed E-state index contributed by atoms with van der Waals surface area (Å²) in [7, 11) is -4.03. The number of anilines is 1. The van der Waals surface area contributed by atoms with Gasteiger partial charge in [0.1, 0.15) is 11.6 Å². The molecule has 1 aromatic heterocycles. The molecule has 21 heavy (non-hydrogen) atoms. The molecule has 0 amide bonds. The van der Waals surface area contributed by atoms with E-state index in [1.165, 1.54) is 0 Å². The fourth-order valence-corrected chi connectivity index (χ4v) is 2.66. The summed E-state index contributed by atoms with van der Waals surface area (Å²) in [5.74, 6) is -1.73. The van der Waals surface area contributed by atoms with Gasteiger partial charge >= 0.3 is 5.97 Å². The minimum atomic E-state index is -4.03. The number of nitrogens with zero attached hydrogens (tertiary/aromatic N) is 1. The molecular formula is C12H12FN3O4S. The number of rotatable bonds is 5. The number of carboxylic acid groups (broad SMARTS) is 1. The molecule has 3 N–H and O–H groups in total. The Morgan fingerprint density at radius 2 is 2.19 bits per heavy atom. The SMILES string of the molecule is CCc1ncc(S(=O)(=O)Nc2ccc(F)cc2C(=O)O)[nH]1. The van der Waals surface area contributed by atoms with Crippen molar-refractivity contribution in [2.75, 3.05) is 4.72 Å². The van der Waals surface area contributed by atoms with Gasteiger partial charge in [0, 0.05) is 6.42 Å². The monoisotopic (exact) mass is 313 g/mol. The quantitative estimate of drug-likeness (QED) is 0.776. The summed E-state index contributed by atoms with van der Waals surface area (Å²) in [6.45, 7) is 1.80. The first-order chi connectivity index (χ1) is 9.83. The van der Waals surface area contributed by atoms with Gasteiger partial charge < -0.3 is 10.1 Å². The zero-order valence-corrected chi connectivity index (χ0v) is 11.7. The fraction of sp³-hybridized carbons (Fsp3) is 0.167. The molecule has 0 saturated heterocycles. The van der Waals surface area contributed by atoms with E-state index in [0.29, 0.717) is 12.2 Å². The van der Waals surface area contributed by atoms with Gasteiger partial charge in [-0.3, -0.25) is 4.72 Å². The Labute approximate surface area is 119 Å². The lowest BCUT2D eigenvalue weighted by Crippen LogP contribution is -2.16. The molecule has 0 atom stereocenters. The average Bonchev–Trinajstić information content (AvgIpc) is 2.90. The molecular weight excluding hydrogens is 301 g/mol. The van der Waals surface area contributed by atoms with E-state index >= 15 is 0 Å². The summed E-state index contributed by atoms with van der Waals surface area (Å²) in [6.07, 6.45) is 1.65. The molecule has 0 spiro atoms. The van der Waals surface area contributed by atoms with Crippen LogP contribution in [-0.4, -0.2) is 29.5 Å². The third-order valence-electron chi connectivity index (χ3n) is 2.69. The number of aromatic nitrogens is 2. The number of aromatic amines is 1. The van der Waals surface area contributed by atoms with E-state index < -0.39 is 27.4 Å². The van der Waals surface area contributed by atoms with Crippen molar-refractivity contribution in [1.82, 2.24) is 9.97 Å². The summed E-state index contributed by atoms with van der Waals surface area (Å²) in [6, 6.07) is 2.76. The van der Waals surface area contributed by atoms with Crippen molar-refractivity contribution in [2.45, 2.75) is 18.4 Å². The molecule has 7 nitrogen and oxygen atoms in total. The first-order valence-corrected chi connectivity index (χ1v) is 7.41. The molecule has 112 valence electrons. The molecule has 2 rings (SSSR count). The van der Waals surface area contributed by atoms with Gasteiger partial charge in [-0.05, 0) is 18.2 Å². The maximum absolute atomic E-state index is 13.1. The molecule has 0 aliphatic rings. The Hall–Kier alpha value is -2.42. The Morgan fingerprint density at radius 1 is 1.48 bits per heavy atom. The van der Waals surface area contributed by atoms with Crippen molar-refractivity contribution in [2.24, 2.45) is 0 Å². The number of hydrogen-bond donors (Lipinski definition) is 3. The van der Waals surface area contributed by atoms with Crippen molar-refractivity contribution >= 4 is 21.7 Å². The molecule has 0 saturated carbocycles. The third-order valence-corrected chi connectivity index (χ3v) is 3.96. The van der Waals surface area contributed by atoms with Crippen LogP contribution in [0.4, 0.5) is 10.1 Å². The zero-order valence-electron chi connectivity index (χ0n) is 10.9. The van der Waals surface area contributed by atoms with Gasteiger partial charge in [0.05, 0.1) is 17.4 Å². The fourth-order valence-electron chi connectivity index (χ4n) is 1.64. The maximum atomic E-state index is 13.1. The molecule has 0 aliphatic heterocycles. The van der Waals surface area contributed by atoms with Crippen LogP contribution >= 0.6 is 0 Å². The molecule has 0 bridgehead atoms. The summed E-state index contributed by atoms with van der Waals surface area (Å²) in [4.78, 5) is 17.5. The van der Waals surface area contributed by atoms with Crippen LogP contribution in [0.1, 0.15) is 23.1 Å². The Morgan fingerprint density at radius 3 is 2.76 bits per heavy atom. The third kappa shape index (κ3) is 3.19. The van der Waals surface area contributed by atoms with Crippen LogP contribution in [-0.2, 0) is 16.4 Å². The zero-order chi connectivity index (χ0) is 15.6. The standard InChI is InChI=1S/C12H12FN3O4S/c1-2-10-14-6-11(15-10)21(19,20)16-9-4-3-7(13)5-8(9)12(17)18/h3-6,16H,2H2,1H3,(H,14,15)(H,17,18). The second kappa shape index (κ2) is 5.52. The van der Waals surface area contributed by atoms with Crippen LogP contribution in [0.2, 0.25) is 0 Å². The van der Waals surface area contributed by atoms with Crippen LogP contribution in [0.5, 0.6) is 0 Å². The van der Waals surface area contributed by atoms with Crippen LogP contribution in [0.15, 0.2) is 29.4 Å². The van der Waals surface area contributed by atoms with Gasteiger partial charge in [0.2, 0.25) is 0 Å². The van der Waals surface area contributed by atoms with Crippen LogP contribution in [0.3, 0.4) is 0 Å². The molecule has 0 fully saturated rings. The van der Waals surface area contributed by atoms with E-state index in [9.17, 15) is 17.6 Å². The van der Waals surface area contributed by atoms with Crippen molar-refractivity contribution in [3.8, 4) is 0 Å². The number of halogens is 1. The van der Waals surface area contributed by atoms with Crippen LogP contribution < -0.4 is 4.72 Å². The molecule has 2 aromatic rings. The Bertz CT molecular complexity index is 786. The van der Waals surface area contributed by atoms with Gasteiger partial charge in [0.25, 0.3) is 10.0 Å². The van der Waals surface area contributed by atoms with E-state index in [0.717, 1.165) is 24.4 Å². The van der Waals surface area contributed by atoms with E-state index in [-0.39, 0.29) is 10.7 Å². The summed E-state index contributed by atoms with van der Waals surface area (Å²) in [5, 5.41) is 8.78. The minimum absolute atomic E-state index is 0.194. The lowest BCUT2D eigenvalue weighted by molar-refractivity contribution is 0.0697. The number of sulfonamides is 1. The number of carboxylic acids is 1. The number of aryl methyl sites for hydroxylation is 1. The number of aromatic carboxylic acids is 1. The van der Waals surface area contributed by atoms with Gasteiger partial charge in [0.15, 0.2) is 5.03 Å². The maximum Gasteiger partial charge on any atom is 0.337 e. The number of benzene rings is 1. The largest absolute Gasteiger partial charge is 0.478 e. The molecule has 0 radical (unpaired) electrons. The summed E-state index contributed by atoms with van der Waals surface area (Å²) < 4.78 is 39.4. The average molecular weight is 313 g/mol. The number of nitrogens with one attached hydrogen (secondary N) is 2. The first kappa shape index (κ1) is 15.0. The van der Waals surface area contributed by atoms with Crippen LogP contribution in [0.25, 0.3) is 0 Å². The van der Waals surface area contributed by atoms with Gasteiger partial charge in [-0.25, -0.2) is 14.2 Å². The lowest BCUT2D eigenvalue weighted by atomic mass is 10.2. The number of H-pyrrole nitrogens is 1. The molecule has 9 heteroatoms. The van der Waals surface area contributed by atoms with Crippen LogP contribution in [0, 0.1) is 5.82 Å². The van der Waals surface area contributed by atoms with E-state index in [2.05, 4.69) is 14.7 Å². The number of imidazole rings is 1. The lowest BCUT2D eigenvalue weighted by Gasteiger charge is -2.09. The highest BCUT2D eigenvalue weighted by Gasteiger charge is 2.21. The Kier molecular flexibility index (Phi) is 3.94. The molecule has 1 aromatic carbocycles. The Balaban J connectivity index is 2.39. The normalized spacial score (nSPS) is 11.3. The minimum Gasteiger partial charge on any atom is -0.478 e.